The van der Waals surface area contributed by atoms with Gasteiger partial charge >= 0.3 is 5.97 Å². The van der Waals surface area contributed by atoms with Gasteiger partial charge in [0.25, 0.3) is 0 Å². The van der Waals surface area contributed by atoms with Gasteiger partial charge in [0.2, 0.25) is 0 Å². The van der Waals surface area contributed by atoms with Gasteiger partial charge in [-0.3, -0.25) is 4.79 Å². The van der Waals surface area contributed by atoms with Gasteiger partial charge in [-0.05, 0) is 24.5 Å². The average molecular weight is 319 g/mol. The van der Waals surface area contributed by atoms with E-state index in [1.54, 1.807) is 0 Å². The number of benzene rings is 2. The zero-order chi connectivity index (χ0) is 15.7. The molecule has 120 valence electrons. The van der Waals surface area contributed by atoms with E-state index in [2.05, 4.69) is 30.9 Å². The molecular formula is C18H26NO2P. The summed E-state index contributed by atoms with van der Waals surface area (Å²) in [4.78, 5) is 10.7. The minimum atomic E-state index is -1.18. The van der Waals surface area contributed by atoms with Crippen molar-refractivity contribution >= 4 is 19.9 Å². The summed E-state index contributed by atoms with van der Waals surface area (Å²) < 4.78 is 0. The summed E-state index contributed by atoms with van der Waals surface area (Å²) in [5, 5.41) is 10.2. The second kappa shape index (κ2) is 10.1. The number of hydrogen-bond donors (Lipinski definition) is 2. The van der Waals surface area contributed by atoms with Gasteiger partial charge in [0, 0.05) is 6.42 Å². The Labute approximate surface area is 135 Å². The van der Waals surface area contributed by atoms with E-state index in [1.807, 2.05) is 36.4 Å². The Hall–Kier alpha value is -1.70. The number of nitrogens with two attached hydrogens (primary N) is 1. The molecule has 2 aromatic rings. The van der Waals surface area contributed by atoms with Gasteiger partial charge in [0.1, 0.15) is 5.54 Å². The summed E-state index contributed by atoms with van der Waals surface area (Å²) in [6.07, 6.45) is 0.350. The molecule has 0 aliphatic carbocycles. The zero-order valence-corrected chi connectivity index (χ0v) is 13.4. The fraction of sp³-hybridized carbons (Fsp3) is 0.278. The molecule has 0 spiro atoms. The van der Waals surface area contributed by atoms with E-state index in [1.165, 1.54) is 12.2 Å². The van der Waals surface area contributed by atoms with Crippen LogP contribution in [0.25, 0.3) is 0 Å². The summed E-state index contributed by atoms with van der Waals surface area (Å²) in [6.45, 7) is 3.71. The van der Waals surface area contributed by atoms with E-state index in [9.17, 15) is 4.79 Å². The lowest BCUT2D eigenvalue weighted by molar-refractivity contribution is -0.142. The second-order valence-electron chi connectivity index (χ2n) is 5.00. The molecular weight excluding hydrogens is 293 g/mol. The van der Waals surface area contributed by atoms with Crippen molar-refractivity contribution in [3.63, 3.8) is 0 Å². The van der Waals surface area contributed by atoms with Crippen molar-refractivity contribution in [3.05, 3.63) is 66.2 Å². The molecule has 0 aromatic heterocycles. The molecule has 0 radical (unpaired) electrons. The quantitative estimate of drug-likeness (QED) is 0.850. The normalized spacial score (nSPS) is 12.7. The summed E-state index contributed by atoms with van der Waals surface area (Å²) in [7, 11) is 0.930. The number of carboxylic acid groups (broad SMARTS) is 1. The van der Waals surface area contributed by atoms with Gasteiger partial charge in [0.05, 0.1) is 0 Å². The lowest BCUT2D eigenvalue weighted by Crippen LogP contribution is -2.46. The first kappa shape index (κ1) is 20.3. The van der Waals surface area contributed by atoms with Crippen LogP contribution in [0.15, 0.2) is 60.7 Å². The molecule has 2 aromatic carbocycles. The topological polar surface area (TPSA) is 63.3 Å². The molecule has 0 heterocycles. The molecule has 2 atom stereocenters. The van der Waals surface area contributed by atoms with Crippen LogP contribution in [0, 0.1) is 0 Å². The monoisotopic (exact) mass is 319 g/mol. The highest BCUT2D eigenvalue weighted by Gasteiger charge is 2.27. The van der Waals surface area contributed by atoms with Gasteiger partial charge < -0.3 is 10.8 Å². The van der Waals surface area contributed by atoms with Crippen LogP contribution in [0.2, 0.25) is 0 Å². The van der Waals surface area contributed by atoms with E-state index >= 15 is 0 Å². The Morgan fingerprint density at radius 1 is 1.09 bits per heavy atom. The van der Waals surface area contributed by atoms with E-state index < -0.39 is 11.5 Å². The number of hydrogen-bond acceptors (Lipinski definition) is 2. The lowest BCUT2D eigenvalue weighted by Gasteiger charge is -2.18. The van der Waals surface area contributed by atoms with Crippen LogP contribution in [-0.4, -0.2) is 23.3 Å². The van der Waals surface area contributed by atoms with E-state index in [0.29, 0.717) is 6.42 Å². The predicted octanol–water partition coefficient (Wildman–Crippen LogP) is 3.29. The van der Waals surface area contributed by atoms with E-state index in [0.717, 1.165) is 14.1 Å². The molecule has 3 N–H and O–H groups in total. The molecule has 0 amide bonds. The molecule has 3 nitrogen and oxygen atoms in total. The van der Waals surface area contributed by atoms with Gasteiger partial charge in [0.15, 0.2) is 0 Å². The van der Waals surface area contributed by atoms with Crippen molar-refractivity contribution in [2.75, 3.05) is 6.66 Å². The van der Waals surface area contributed by atoms with Crippen LogP contribution in [0.4, 0.5) is 0 Å². The van der Waals surface area contributed by atoms with Gasteiger partial charge in [-0.1, -0.05) is 76.7 Å². The maximum absolute atomic E-state index is 10.7. The lowest BCUT2D eigenvalue weighted by atomic mass is 9.94. The smallest absolute Gasteiger partial charge is 0.323 e. The molecule has 0 aliphatic heterocycles. The Balaban J connectivity index is 0.000000423. The summed E-state index contributed by atoms with van der Waals surface area (Å²) >= 11 is 0. The summed E-state index contributed by atoms with van der Waals surface area (Å²) in [5.41, 5.74) is 5.35. The number of carboxylic acids is 1. The fourth-order valence-electron chi connectivity index (χ4n) is 1.70. The molecule has 0 saturated heterocycles. The minimum absolute atomic E-state index is 0. The number of rotatable bonds is 4. The molecule has 0 fully saturated rings. The van der Waals surface area contributed by atoms with Crippen LogP contribution < -0.4 is 11.0 Å². The van der Waals surface area contributed by atoms with Gasteiger partial charge in [-0.2, -0.15) is 0 Å². The largest absolute Gasteiger partial charge is 0.480 e. The van der Waals surface area contributed by atoms with Gasteiger partial charge in [-0.15, -0.1) is 0 Å². The highest BCUT2D eigenvalue weighted by molar-refractivity contribution is 7.46. The predicted molar refractivity (Wildman–Crippen MR) is 97.4 cm³/mol. The summed E-state index contributed by atoms with van der Waals surface area (Å²) in [5.74, 6) is -0.976. The molecule has 0 saturated carbocycles. The van der Waals surface area contributed by atoms with E-state index in [4.69, 9.17) is 10.8 Å². The van der Waals surface area contributed by atoms with Crippen LogP contribution in [-0.2, 0) is 11.2 Å². The van der Waals surface area contributed by atoms with Crippen molar-refractivity contribution in [1.82, 2.24) is 0 Å². The number of carbonyl (C=O) groups is 1. The van der Waals surface area contributed by atoms with Crippen LogP contribution in [0.1, 0.15) is 19.9 Å². The van der Waals surface area contributed by atoms with E-state index in [-0.39, 0.29) is 7.43 Å². The Morgan fingerprint density at radius 2 is 1.55 bits per heavy atom. The third-order valence-corrected chi connectivity index (χ3v) is 3.88. The standard InChI is InChI=1S/C10H13NO2.C7H9P.CH4/c1-10(11,9(12)13)7-8-5-3-2-4-6-8;1-8-7-5-3-2-4-6-7;/h2-6H,7,11H2,1H3,(H,12,13);2-6,8H,1H3;1H4. The Kier molecular flexibility index (Phi) is 9.32. The SMILES string of the molecule is C.CC(N)(Cc1ccccc1)C(=O)O.CPc1ccccc1. The zero-order valence-electron chi connectivity index (χ0n) is 12.4. The van der Waals surface area contributed by atoms with Crippen LogP contribution >= 0.6 is 8.58 Å². The highest BCUT2D eigenvalue weighted by atomic mass is 31.1. The van der Waals surface area contributed by atoms with Gasteiger partial charge in [-0.25, -0.2) is 0 Å². The number of aliphatic carboxylic acids is 1. The minimum Gasteiger partial charge on any atom is -0.480 e. The van der Waals surface area contributed by atoms with Crippen LogP contribution in [0.5, 0.6) is 0 Å². The average Bonchev–Trinajstić information content (AvgIpc) is 2.49. The first-order valence-electron chi connectivity index (χ1n) is 6.74. The molecule has 0 bridgehead atoms. The van der Waals surface area contributed by atoms with Crippen molar-refractivity contribution in [1.29, 1.82) is 0 Å². The maximum atomic E-state index is 10.7. The first-order valence-corrected chi connectivity index (χ1v) is 8.24. The molecule has 4 heteroatoms. The first-order chi connectivity index (χ1) is 9.95. The maximum Gasteiger partial charge on any atom is 0.323 e. The van der Waals surface area contributed by atoms with Crippen molar-refractivity contribution in [2.24, 2.45) is 5.73 Å². The molecule has 2 unspecified atom stereocenters. The fourth-order valence-corrected chi connectivity index (χ4v) is 2.23. The van der Waals surface area contributed by atoms with Crippen LogP contribution in [0.3, 0.4) is 0 Å². The van der Waals surface area contributed by atoms with Crippen molar-refractivity contribution in [2.45, 2.75) is 26.3 Å². The highest BCUT2D eigenvalue weighted by Crippen LogP contribution is 2.10. The second-order valence-corrected chi connectivity index (χ2v) is 6.08. The Bertz CT molecular complexity index is 542. The van der Waals surface area contributed by atoms with Crippen molar-refractivity contribution < 1.29 is 9.90 Å². The Morgan fingerprint density at radius 3 is 1.91 bits per heavy atom. The molecule has 0 aliphatic rings. The third-order valence-electron chi connectivity index (χ3n) is 2.97. The molecule has 2 rings (SSSR count). The summed E-state index contributed by atoms with van der Waals surface area (Å²) in [6, 6.07) is 19.9. The third kappa shape index (κ3) is 7.35. The molecule has 22 heavy (non-hydrogen) atoms. The van der Waals surface area contributed by atoms with Crippen molar-refractivity contribution in [3.8, 4) is 0 Å².